The van der Waals surface area contributed by atoms with Gasteiger partial charge in [0.25, 0.3) is 11.6 Å². The van der Waals surface area contributed by atoms with Crippen LogP contribution >= 0.6 is 23.1 Å². The van der Waals surface area contributed by atoms with Crippen LogP contribution in [0.1, 0.15) is 17.5 Å². The summed E-state index contributed by atoms with van der Waals surface area (Å²) in [4.78, 5) is 29.4. The Hall–Kier alpha value is -2.85. The molecule has 1 aromatic heterocycles. The number of aryl methyl sites for hydroxylation is 1. The molecule has 2 heterocycles. The van der Waals surface area contributed by atoms with Gasteiger partial charge in [-0.3, -0.25) is 19.8 Å². The topological polar surface area (TPSA) is 102 Å². The van der Waals surface area contributed by atoms with Crippen molar-refractivity contribution in [3.63, 3.8) is 0 Å². The minimum absolute atomic E-state index is 0.00100. The maximum Gasteiger partial charge on any atom is 0.269 e. The summed E-state index contributed by atoms with van der Waals surface area (Å²) in [5.41, 5.74) is 0.696. The molecule has 0 spiro atoms. The number of aliphatic imine (C=N–C) groups is 1. The fourth-order valence-electron chi connectivity index (χ4n) is 2.24. The highest BCUT2D eigenvalue weighted by molar-refractivity contribution is 8.18. The van der Waals surface area contributed by atoms with Crippen molar-refractivity contribution in [3.8, 4) is 0 Å². The van der Waals surface area contributed by atoms with Crippen molar-refractivity contribution in [2.75, 3.05) is 6.54 Å². The smallest absolute Gasteiger partial charge is 0.269 e. The van der Waals surface area contributed by atoms with E-state index in [2.05, 4.69) is 21.8 Å². The third-order valence-corrected chi connectivity index (χ3v) is 5.52. The van der Waals surface area contributed by atoms with E-state index in [0.717, 1.165) is 11.4 Å². The molecular weight excluding hydrogens is 386 g/mol. The molecule has 2 aromatic rings. The van der Waals surface area contributed by atoms with E-state index in [1.165, 1.54) is 40.1 Å². The number of aromatic nitrogens is 2. The summed E-state index contributed by atoms with van der Waals surface area (Å²) in [6, 6.07) is 6.01. The van der Waals surface area contributed by atoms with Crippen LogP contribution in [-0.2, 0) is 11.2 Å². The number of carbonyl (C=O) groups is 1. The molecule has 8 nitrogen and oxygen atoms in total. The maximum atomic E-state index is 12.7. The van der Waals surface area contributed by atoms with Crippen LogP contribution in [0.5, 0.6) is 0 Å². The second-order valence-electron chi connectivity index (χ2n) is 5.39. The molecule has 1 aliphatic rings. The molecule has 0 unspecified atom stereocenters. The molecule has 1 amide bonds. The summed E-state index contributed by atoms with van der Waals surface area (Å²) in [5, 5.41) is 20.7. The highest BCUT2D eigenvalue weighted by Crippen LogP contribution is 2.34. The number of amides is 1. The Morgan fingerprint density at radius 2 is 2.07 bits per heavy atom. The maximum absolute atomic E-state index is 12.7. The van der Waals surface area contributed by atoms with Gasteiger partial charge in [0.1, 0.15) is 5.01 Å². The zero-order chi connectivity index (χ0) is 19.4. The van der Waals surface area contributed by atoms with Crippen molar-refractivity contribution >= 4 is 51.1 Å². The Morgan fingerprint density at radius 3 is 2.67 bits per heavy atom. The predicted molar refractivity (Wildman–Crippen MR) is 107 cm³/mol. The lowest BCUT2D eigenvalue weighted by molar-refractivity contribution is -0.384. The second kappa shape index (κ2) is 8.23. The van der Waals surface area contributed by atoms with E-state index in [1.807, 2.05) is 6.92 Å². The molecule has 10 heteroatoms. The summed E-state index contributed by atoms with van der Waals surface area (Å²) in [7, 11) is 0. The van der Waals surface area contributed by atoms with Gasteiger partial charge in [0.2, 0.25) is 5.13 Å². The van der Waals surface area contributed by atoms with Gasteiger partial charge in [0.15, 0.2) is 5.17 Å². The van der Waals surface area contributed by atoms with Gasteiger partial charge in [-0.25, -0.2) is 0 Å². The summed E-state index contributed by atoms with van der Waals surface area (Å²) in [6.07, 6.45) is 4.09. The van der Waals surface area contributed by atoms with Gasteiger partial charge in [-0.2, -0.15) is 4.99 Å². The van der Waals surface area contributed by atoms with Crippen LogP contribution in [0.25, 0.3) is 6.08 Å². The lowest BCUT2D eigenvalue weighted by Crippen LogP contribution is -2.29. The first-order valence-electron chi connectivity index (χ1n) is 7.99. The fraction of sp³-hybridized carbons (Fsp3) is 0.176. The average Bonchev–Trinajstić information content (AvgIpc) is 3.22. The number of hydrogen-bond donors (Lipinski definition) is 0. The van der Waals surface area contributed by atoms with Crippen LogP contribution in [0.3, 0.4) is 0 Å². The first-order valence-corrected chi connectivity index (χ1v) is 9.63. The number of benzene rings is 1. The van der Waals surface area contributed by atoms with Gasteiger partial charge >= 0.3 is 0 Å². The monoisotopic (exact) mass is 401 g/mol. The number of hydrogen-bond acceptors (Lipinski definition) is 8. The van der Waals surface area contributed by atoms with Crippen LogP contribution in [0, 0.1) is 10.1 Å². The molecule has 0 bridgehead atoms. The van der Waals surface area contributed by atoms with Gasteiger partial charge in [0, 0.05) is 18.7 Å². The number of carbonyl (C=O) groups excluding carboxylic acids is 1. The van der Waals surface area contributed by atoms with Crippen molar-refractivity contribution in [2.45, 2.75) is 13.3 Å². The standard InChI is InChI=1S/C17H15N5O3S2/c1-3-9-21-15(23)13(10-11-5-7-12(8-6-11)22(24)25)26-17(21)18-16-20-19-14(4-2)27-16/h3,5-8,10H,1,4,9H2,2H3/b13-10-,18-17?. The van der Waals surface area contributed by atoms with E-state index in [1.54, 1.807) is 24.3 Å². The minimum Gasteiger partial charge on any atom is -0.282 e. The average molecular weight is 401 g/mol. The van der Waals surface area contributed by atoms with Gasteiger partial charge in [-0.15, -0.1) is 16.8 Å². The number of rotatable bonds is 6. The van der Waals surface area contributed by atoms with Gasteiger partial charge < -0.3 is 0 Å². The molecule has 1 saturated heterocycles. The number of amidine groups is 1. The van der Waals surface area contributed by atoms with Crippen LogP contribution in [0.15, 0.2) is 46.8 Å². The molecule has 1 fully saturated rings. The van der Waals surface area contributed by atoms with E-state index >= 15 is 0 Å². The Morgan fingerprint density at radius 1 is 1.33 bits per heavy atom. The lowest BCUT2D eigenvalue weighted by Gasteiger charge is -2.11. The molecule has 27 heavy (non-hydrogen) atoms. The molecule has 0 radical (unpaired) electrons. The highest BCUT2D eigenvalue weighted by atomic mass is 32.2. The SMILES string of the molecule is C=CCN1C(=O)/C(=C/c2ccc([N+](=O)[O-])cc2)SC1=Nc1nnc(CC)s1. The third kappa shape index (κ3) is 4.29. The third-order valence-electron chi connectivity index (χ3n) is 3.55. The highest BCUT2D eigenvalue weighted by Gasteiger charge is 2.33. The van der Waals surface area contributed by atoms with Gasteiger partial charge in [-0.1, -0.05) is 24.3 Å². The number of nitro benzene ring substituents is 1. The van der Waals surface area contributed by atoms with Crippen LogP contribution in [-0.4, -0.2) is 37.6 Å². The van der Waals surface area contributed by atoms with E-state index in [9.17, 15) is 14.9 Å². The Bertz CT molecular complexity index is 950. The number of thioether (sulfide) groups is 1. The van der Waals surface area contributed by atoms with Crippen molar-refractivity contribution in [2.24, 2.45) is 4.99 Å². The quantitative estimate of drug-likeness (QED) is 0.316. The summed E-state index contributed by atoms with van der Waals surface area (Å²) >= 11 is 2.61. The molecule has 1 aliphatic heterocycles. The zero-order valence-electron chi connectivity index (χ0n) is 14.4. The molecule has 0 N–H and O–H groups in total. The molecule has 0 atom stereocenters. The molecule has 1 aromatic carbocycles. The summed E-state index contributed by atoms with van der Waals surface area (Å²) < 4.78 is 0. The van der Waals surface area contributed by atoms with Crippen molar-refractivity contribution in [1.82, 2.24) is 15.1 Å². The molecule has 138 valence electrons. The normalized spacial score (nSPS) is 17.1. The largest absolute Gasteiger partial charge is 0.282 e. The number of nitro groups is 1. The number of non-ortho nitro benzene ring substituents is 1. The molecule has 0 aliphatic carbocycles. The van der Waals surface area contributed by atoms with Crippen LogP contribution in [0.4, 0.5) is 10.8 Å². The Balaban J connectivity index is 1.89. The van der Waals surface area contributed by atoms with Crippen LogP contribution < -0.4 is 0 Å². The summed E-state index contributed by atoms with van der Waals surface area (Å²) in [6.45, 7) is 5.99. The first-order chi connectivity index (χ1) is 13.0. The van der Waals surface area contributed by atoms with Crippen molar-refractivity contribution in [1.29, 1.82) is 0 Å². The Labute approximate surface area is 163 Å². The molecule has 3 rings (SSSR count). The molecule has 0 saturated carbocycles. The first kappa shape index (κ1) is 18.9. The fourth-order valence-corrected chi connectivity index (χ4v) is 3.94. The second-order valence-corrected chi connectivity index (χ2v) is 7.44. The van der Waals surface area contributed by atoms with E-state index in [0.29, 0.717) is 27.3 Å². The van der Waals surface area contributed by atoms with E-state index in [-0.39, 0.29) is 11.6 Å². The van der Waals surface area contributed by atoms with Crippen molar-refractivity contribution < 1.29 is 9.72 Å². The minimum atomic E-state index is -0.463. The zero-order valence-corrected chi connectivity index (χ0v) is 16.0. The van der Waals surface area contributed by atoms with Gasteiger partial charge in [-0.05, 0) is 42.0 Å². The van der Waals surface area contributed by atoms with Crippen LogP contribution in [0.2, 0.25) is 0 Å². The molecular formula is C17H15N5O3S2. The van der Waals surface area contributed by atoms with E-state index in [4.69, 9.17) is 0 Å². The Kier molecular flexibility index (Phi) is 5.77. The number of nitrogens with zero attached hydrogens (tertiary/aromatic N) is 5. The van der Waals surface area contributed by atoms with E-state index < -0.39 is 4.92 Å². The van der Waals surface area contributed by atoms with Gasteiger partial charge in [0.05, 0.1) is 9.83 Å². The van der Waals surface area contributed by atoms with Crippen molar-refractivity contribution in [3.05, 3.63) is 62.5 Å². The predicted octanol–water partition coefficient (Wildman–Crippen LogP) is 3.80. The lowest BCUT2D eigenvalue weighted by atomic mass is 10.2. The summed E-state index contributed by atoms with van der Waals surface area (Å²) in [5.74, 6) is -0.197.